The van der Waals surface area contributed by atoms with Crippen molar-refractivity contribution in [3.8, 4) is 0 Å². The molecular formula is C16H30N2O. The largest absolute Gasteiger partial charge is 0.380 e. The SMILES string of the molecule is CC(C)N1CC2CCCC(C1)C2NCC1(C)COC1. The molecule has 2 bridgehead atoms. The second-order valence-electron chi connectivity index (χ2n) is 7.71. The van der Waals surface area contributed by atoms with Crippen LogP contribution in [-0.2, 0) is 4.74 Å². The van der Waals surface area contributed by atoms with Crippen molar-refractivity contribution in [2.75, 3.05) is 32.8 Å². The second kappa shape index (κ2) is 5.34. The van der Waals surface area contributed by atoms with Gasteiger partial charge in [0, 0.05) is 37.1 Å². The molecule has 19 heavy (non-hydrogen) atoms. The van der Waals surface area contributed by atoms with E-state index in [0.29, 0.717) is 11.5 Å². The highest BCUT2D eigenvalue weighted by Crippen LogP contribution is 2.36. The normalized spacial score (nSPS) is 38.2. The van der Waals surface area contributed by atoms with Crippen LogP contribution in [0.5, 0.6) is 0 Å². The van der Waals surface area contributed by atoms with Crippen molar-refractivity contribution >= 4 is 0 Å². The number of nitrogens with one attached hydrogen (secondary N) is 1. The summed E-state index contributed by atoms with van der Waals surface area (Å²) in [5.74, 6) is 1.75. The van der Waals surface area contributed by atoms with Crippen LogP contribution in [0.2, 0.25) is 0 Å². The first-order valence-corrected chi connectivity index (χ1v) is 8.13. The fourth-order valence-corrected chi connectivity index (χ4v) is 4.14. The van der Waals surface area contributed by atoms with Crippen LogP contribution in [0.3, 0.4) is 0 Å². The van der Waals surface area contributed by atoms with E-state index >= 15 is 0 Å². The Morgan fingerprint density at radius 1 is 1.21 bits per heavy atom. The number of hydrogen-bond donors (Lipinski definition) is 1. The van der Waals surface area contributed by atoms with Crippen molar-refractivity contribution in [3.63, 3.8) is 0 Å². The lowest BCUT2D eigenvalue weighted by Crippen LogP contribution is -2.60. The van der Waals surface area contributed by atoms with Gasteiger partial charge in [-0.3, -0.25) is 0 Å². The third-order valence-corrected chi connectivity index (χ3v) is 5.50. The van der Waals surface area contributed by atoms with E-state index in [0.717, 1.165) is 37.6 Å². The van der Waals surface area contributed by atoms with Gasteiger partial charge >= 0.3 is 0 Å². The monoisotopic (exact) mass is 266 g/mol. The maximum atomic E-state index is 5.37. The van der Waals surface area contributed by atoms with E-state index in [4.69, 9.17) is 4.74 Å². The number of fused-ring (bicyclic) bond motifs is 2. The third kappa shape index (κ3) is 2.84. The molecule has 2 heterocycles. The number of ether oxygens (including phenoxy) is 1. The molecule has 2 unspecified atom stereocenters. The van der Waals surface area contributed by atoms with Gasteiger partial charge in [-0.05, 0) is 38.5 Å². The Bertz CT molecular complexity index is 300. The molecule has 2 atom stereocenters. The zero-order valence-electron chi connectivity index (χ0n) is 12.8. The summed E-state index contributed by atoms with van der Waals surface area (Å²) in [5.41, 5.74) is 0.406. The Balaban J connectivity index is 1.59. The molecule has 0 aromatic rings. The number of piperidine rings is 1. The van der Waals surface area contributed by atoms with E-state index in [1.165, 1.54) is 32.4 Å². The van der Waals surface area contributed by atoms with Crippen molar-refractivity contribution in [1.82, 2.24) is 10.2 Å². The van der Waals surface area contributed by atoms with Crippen LogP contribution in [0.25, 0.3) is 0 Å². The zero-order valence-corrected chi connectivity index (χ0v) is 12.8. The minimum atomic E-state index is 0.406. The molecule has 0 aromatic carbocycles. The minimum Gasteiger partial charge on any atom is -0.380 e. The molecular weight excluding hydrogens is 236 g/mol. The molecule has 0 aromatic heterocycles. The van der Waals surface area contributed by atoms with Crippen LogP contribution < -0.4 is 5.32 Å². The van der Waals surface area contributed by atoms with Gasteiger partial charge in [0.1, 0.15) is 0 Å². The molecule has 1 N–H and O–H groups in total. The first-order chi connectivity index (χ1) is 9.07. The van der Waals surface area contributed by atoms with Crippen LogP contribution >= 0.6 is 0 Å². The molecule has 3 heteroatoms. The summed E-state index contributed by atoms with van der Waals surface area (Å²) < 4.78 is 5.37. The third-order valence-electron chi connectivity index (χ3n) is 5.50. The van der Waals surface area contributed by atoms with Crippen molar-refractivity contribution in [1.29, 1.82) is 0 Å². The quantitative estimate of drug-likeness (QED) is 0.843. The first kappa shape index (κ1) is 13.8. The average molecular weight is 266 g/mol. The number of nitrogens with zero attached hydrogens (tertiary/aromatic N) is 1. The maximum Gasteiger partial charge on any atom is 0.0554 e. The Hall–Kier alpha value is -0.120. The van der Waals surface area contributed by atoms with Crippen molar-refractivity contribution in [2.45, 2.75) is 52.1 Å². The van der Waals surface area contributed by atoms with Gasteiger partial charge in [0.15, 0.2) is 0 Å². The second-order valence-corrected chi connectivity index (χ2v) is 7.71. The van der Waals surface area contributed by atoms with Gasteiger partial charge in [0.25, 0.3) is 0 Å². The fraction of sp³-hybridized carbons (Fsp3) is 1.00. The molecule has 3 aliphatic rings. The van der Waals surface area contributed by atoms with Crippen molar-refractivity contribution in [2.24, 2.45) is 17.3 Å². The number of likely N-dealkylation sites (tertiary alicyclic amines) is 1. The van der Waals surface area contributed by atoms with Gasteiger partial charge in [0.05, 0.1) is 13.2 Å². The summed E-state index contributed by atoms with van der Waals surface area (Å²) in [4.78, 5) is 2.70. The van der Waals surface area contributed by atoms with Crippen molar-refractivity contribution < 1.29 is 4.74 Å². The summed E-state index contributed by atoms with van der Waals surface area (Å²) in [5, 5.41) is 3.92. The van der Waals surface area contributed by atoms with Gasteiger partial charge in [-0.1, -0.05) is 13.3 Å². The van der Waals surface area contributed by atoms with E-state index in [9.17, 15) is 0 Å². The van der Waals surface area contributed by atoms with E-state index < -0.39 is 0 Å². The van der Waals surface area contributed by atoms with Gasteiger partial charge in [-0.15, -0.1) is 0 Å². The van der Waals surface area contributed by atoms with Gasteiger partial charge in [-0.2, -0.15) is 0 Å². The van der Waals surface area contributed by atoms with E-state index in [2.05, 4.69) is 31.0 Å². The lowest BCUT2D eigenvalue weighted by Gasteiger charge is -2.50. The number of hydrogen-bond acceptors (Lipinski definition) is 3. The van der Waals surface area contributed by atoms with Crippen LogP contribution in [0.15, 0.2) is 0 Å². The van der Waals surface area contributed by atoms with Crippen LogP contribution in [-0.4, -0.2) is 49.8 Å². The number of rotatable bonds is 4. The highest BCUT2D eigenvalue weighted by Gasteiger charge is 2.41. The predicted octanol–water partition coefficient (Wildman–Crippen LogP) is 2.12. The highest BCUT2D eigenvalue weighted by atomic mass is 16.5. The van der Waals surface area contributed by atoms with Crippen LogP contribution in [0.1, 0.15) is 40.0 Å². The predicted molar refractivity (Wildman–Crippen MR) is 78.3 cm³/mol. The summed E-state index contributed by atoms with van der Waals surface area (Å²) in [6, 6.07) is 1.47. The van der Waals surface area contributed by atoms with Gasteiger partial charge in [-0.25, -0.2) is 0 Å². The van der Waals surface area contributed by atoms with Crippen molar-refractivity contribution in [3.05, 3.63) is 0 Å². The first-order valence-electron chi connectivity index (χ1n) is 8.13. The van der Waals surface area contributed by atoms with Crippen LogP contribution in [0, 0.1) is 17.3 Å². The standard InChI is InChI=1S/C16H30N2O/c1-12(2)18-7-13-5-4-6-14(8-18)15(13)17-9-16(3)10-19-11-16/h12-15,17H,4-11H2,1-3H3. The molecule has 0 amide bonds. The topological polar surface area (TPSA) is 24.5 Å². The van der Waals surface area contributed by atoms with E-state index in [-0.39, 0.29) is 0 Å². The Kier molecular flexibility index (Phi) is 3.89. The Labute approximate surface area is 118 Å². The van der Waals surface area contributed by atoms with Gasteiger partial charge < -0.3 is 15.0 Å². The molecule has 0 spiro atoms. The maximum absolute atomic E-state index is 5.37. The lowest BCUT2D eigenvalue weighted by molar-refractivity contribution is -0.104. The molecule has 3 fully saturated rings. The molecule has 2 saturated heterocycles. The molecule has 0 radical (unpaired) electrons. The fourth-order valence-electron chi connectivity index (χ4n) is 4.14. The smallest absolute Gasteiger partial charge is 0.0554 e. The van der Waals surface area contributed by atoms with E-state index in [1.54, 1.807) is 0 Å². The summed E-state index contributed by atoms with van der Waals surface area (Å²) >= 11 is 0. The Morgan fingerprint density at radius 2 is 1.84 bits per heavy atom. The Morgan fingerprint density at radius 3 is 2.32 bits per heavy atom. The minimum absolute atomic E-state index is 0.406. The molecule has 110 valence electrons. The molecule has 3 rings (SSSR count). The van der Waals surface area contributed by atoms with Gasteiger partial charge in [0.2, 0.25) is 0 Å². The average Bonchev–Trinajstić information content (AvgIpc) is 2.32. The molecule has 3 nitrogen and oxygen atoms in total. The summed E-state index contributed by atoms with van der Waals surface area (Å²) in [6.45, 7) is 12.7. The summed E-state index contributed by atoms with van der Waals surface area (Å²) in [6.07, 6.45) is 4.29. The molecule has 1 saturated carbocycles. The van der Waals surface area contributed by atoms with Crippen LogP contribution in [0.4, 0.5) is 0 Å². The molecule has 1 aliphatic carbocycles. The zero-order chi connectivity index (χ0) is 13.5. The molecule has 2 aliphatic heterocycles. The van der Waals surface area contributed by atoms with E-state index in [1.807, 2.05) is 0 Å². The lowest BCUT2D eigenvalue weighted by atomic mass is 9.72. The highest BCUT2D eigenvalue weighted by molar-refractivity contribution is 4.97. The summed E-state index contributed by atoms with van der Waals surface area (Å²) in [7, 11) is 0.